The van der Waals surface area contributed by atoms with Gasteiger partial charge < -0.3 is 19.4 Å². The van der Waals surface area contributed by atoms with Crippen molar-refractivity contribution >= 4 is 14.5 Å². The van der Waals surface area contributed by atoms with Crippen molar-refractivity contribution in [2.24, 2.45) is 0 Å². The second-order valence-electron chi connectivity index (χ2n) is 3.53. The number of aromatic hydroxyl groups is 1. The first-order chi connectivity index (χ1) is 6.79. The number of carboxylic acids is 1. The minimum Gasteiger partial charge on any atom is -0.520 e. The SMILES string of the molecule is C[Si](C)(O)Oc1ccc(C(=O)O)c(O)c1. The number of hydrogen-bond acceptors (Lipinski definition) is 4. The maximum absolute atomic E-state index is 10.6. The topological polar surface area (TPSA) is 87.0 Å². The van der Waals surface area contributed by atoms with Crippen LogP contribution in [0.1, 0.15) is 10.4 Å². The molecule has 0 atom stereocenters. The Morgan fingerprint density at radius 1 is 1.40 bits per heavy atom. The Morgan fingerprint density at radius 2 is 2.00 bits per heavy atom. The van der Waals surface area contributed by atoms with Gasteiger partial charge in [0.2, 0.25) is 0 Å². The molecular formula is C9H12O5Si. The minimum atomic E-state index is -2.72. The Morgan fingerprint density at radius 3 is 2.40 bits per heavy atom. The zero-order valence-electron chi connectivity index (χ0n) is 8.39. The highest BCUT2D eigenvalue weighted by molar-refractivity contribution is 6.63. The molecule has 5 nitrogen and oxygen atoms in total. The summed E-state index contributed by atoms with van der Waals surface area (Å²) in [6, 6.07) is 3.80. The van der Waals surface area contributed by atoms with Crippen LogP contribution in [0.15, 0.2) is 18.2 Å². The van der Waals surface area contributed by atoms with E-state index < -0.39 is 14.5 Å². The molecule has 0 radical (unpaired) electrons. The first-order valence-electron chi connectivity index (χ1n) is 4.27. The molecule has 6 heteroatoms. The summed E-state index contributed by atoms with van der Waals surface area (Å²) in [6.45, 7) is 3.13. The predicted molar refractivity (Wildman–Crippen MR) is 55.4 cm³/mol. The van der Waals surface area contributed by atoms with Crippen LogP contribution in [-0.2, 0) is 0 Å². The highest BCUT2D eigenvalue weighted by Crippen LogP contribution is 2.24. The van der Waals surface area contributed by atoms with E-state index in [1.54, 1.807) is 13.1 Å². The highest BCUT2D eigenvalue weighted by atomic mass is 28.4. The van der Waals surface area contributed by atoms with Crippen LogP contribution in [0.2, 0.25) is 13.1 Å². The molecule has 0 spiro atoms. The number of phenols is 1. The lowest BCUT2D eigenvalue weighted by molar-refractivity contribution is 0.0694. The van der Waals surface area contributed by atoms with Crippen molar-refractivity contribution in [1.82, 2.24) is 0 Å². The predicted octanol–water partition coefficient (Wildman–Crippen LogP) is 1.16. The van der Waals surface area contributed by atoms with Gasteiger partial charge in [-0.3, -0.25) is 0 Å². The molecule has 0 aromatic heterocycles. The van der Waals surface area contributed by atoms with Gasteiger partial charge in [0.15, 0.2) is 0 Å². The lowest BCUT2D eigenvalue weighted by atomic mass is 10.2. The van der Waals surface area contributed by atoms with Crippen LogP contribution >= 0.6 is 0 Å². The van der Waals surface area contributed by atoms with Crippen LogP contribution in [0.5, 0.6) is 11.5 Å². The van der Waals surface area contributed by atoms with Crippen molar-refractivity contribution in [3.8, 4) is 11.5 Å². The van der Waals surface area contributed by atoms with Gasteiger partial charge >= 0.3 is 14.5 Å². The zero-order chi connectivity index (χ0) is 11.6. The molecule has 0 amide bonds. The summed E-state index contributed by atoms with van der Waals surface area (Å²) < 4.78 is 5.16. The minimum absolute atomic E-state index is 0.195. The van der Waals surface area contributed by atoms with E-state index in [1.807, 2.05) is 0 Å². The van der Waals surface area contributed by atoms with E-state index in [2.05, 4.69) is 0 Å². The summed E-state index contributed by atoms with van der Waals surface area (Å²) >= 11 is 0. The van der Waals surface area contributed by atoms with Crippen molar-refractivity contribution in [2.45, 2.75) is 13.1 Å². The fourth-order valence-corrected chi connectivity index (χ4v) is 1.75. The quantitative estimate of drug-likeness (QED) is 0.676. The zero-order valence-corrected chi connectivity index (χ0v) is 9.39. The van der Waals surface area contributed by atoms with E-state index in [-0.39, 0.29) is 17.1 Å². The van der Waals surface area contributed by atoms with E-state index in [9.17, 15) is 14.7 Å². The number of rotatable bonds is 3. The maximum Gasteiger partial charge on any atom is 0.389 e. The molecule has 82 valence electrons. The summed E-state index contributed by atoms with van der Waals surface area (Å²) in [4.78, 5) is 20.0. The van der Waals surface area contributed by atoms with Gasteiger partial charge in [0.1, 0.15) is 17.1 Å². The van der Waals surface area contributed by atoms with Crippen molar-refractivity contribution in [3.63, 3.8) is 0 Å². The van der Waals surface area contributed by atoms with E-state index in [4.69, 9.17) is 9.53 Å². The second kappa shape index (κ2) is 3.91. The third kappa shape index (κ3) is 3.26. The second-order valence-corrected chi connectivity index (χ2v) is 6.63. The van der Waals surface area contributed by atoms with Crippen molar-refractivity contribution in [3.05, 3.63) is 23.8 Å². The molecule has 0 saturated heterocycles. The average Bonchev–Trinajstić information content (AvgIpc) is 1.99. The van der Waals surface area contributed by atoms with Crippen molar-refractivity contribution < 1.29 is 24.2 Å². The van der Waals surface area contributed by atoms with E-state index >= 15 is 0 Å². The van der Waals surface area contributed by atoms with Crippen LogP contribution in [0.25, 0.3) is 0 Å². The van der Waals surface area contributed by atoms with E-state index in [1.165, 1.54) is 18.2 Å². The molecule has 3 N–H and O–H groups in total. The van der Waals surface area contributed by atoms with Crippen LogP contribution in [0.4, 0.5) is 0 Å². The van der Waals surface area contributed by atoms with Crippen LogP contribution in [0, 0.1) is 0 Å². The first-order valence-corrected chi connectivity index (χ1v) is 7.13. The monoisotopic (exact) mass is 228 g/mol. The fraction of sp³-hybridized carbons (Fsp3) is 0.222. The van der Waals surface area contributed by atoms with Gasteiger partial charge in [0.25, 0.3) is 0 Å². The molecule has 0 heterocycles. The van der Waals surface area contributed by atoms with Gasteiger partial charge in [0.05, 0.1) is 0 Å². The van der Waals surface area contributed by atoms with Crippen LogP contribution in [0.3, 0.4) is 0 Å². The molecule has 0 unspecified atom stereocenters. The Hall–Kier alpha value is -1.53. The smallest absolute Gasteiger partial charge is 0.389 e. The molecule has 0 fully saturated rings. The number of benzene rings is 1. The third-order valence-corrected chi connectivity index (χ3v) is 2.30. The molecule has 1 rings (SSSR count). The Bertz CT molecular complexity index is 383. The molecule has 1 aromatic rings. The molecule has 0 saturated carbocycles. The van der Waals surface area contributed by atoms with Crippen LogP contribution in [-0.4, -0.2) is 29.5 Å². The van der Waals surface area contributed by atoms with Gasteiger partial charge in [0, 0.05) is 6.07 Å². The lowest BCUT2D eigenvalue weighted by Gasteiger charge is -2.17. The molecule has 0 aliphatic rings. The van der Waals surface area contributed by atoms with Gasteiger partial charge in [-0.2, -0.15) is 0 Å². The number of hydrogen-bond donors (Lipinski definition) is 3. The Kier molecular flexibility index (Phi) is 3.01. The lowest BCUT2D eigenvalue weighted by Crippen LogP contribution is -2.33. The summed E-state index contributed by atoms with van der Waals surface area (Å²) in [7, 11) is -2.72. The molecule has 0 aliphatic carbocycles. The normalized spacial score (nSPS) is 11.1. The van der Waals surface area contributed by atoms with Crippen molar-refractivity contribution in [1.29, 1.82) is 0 Å². The van der Waals surface area contributed by atoms with Gasteiger partial charge in [-0.1, -0.05) is 0 Å². The number of carboxylic acid groups (broad SMARTS) is 1. The average molecular weight is 228 g/mol. The molecule has 1 aromatic carbocycles. The van der Waals surface area contributed by atoms with E-state index in [0.717, 1.165) is 0 Å². The van der Waals surface area contributed by atoms with Crippen LogP contribution < -0.4 is 4.43 Å². The summed E-state index contributed by atoms with van der Waals surface area (Å²) in [5.74, 6) is -1.32. The van der Waals surface area contributed by atoms with Gasteiger partial charge in [-0.05, 0) is 25.2 Å². The highest BCUT2D eigenvalue weighted by Gasteiger charge is 2.21. The summed E-state index contributed by atoms with van der Waals surface area (Å²) in [5, 5.41) is 18.0. The Labute approximate surface area is 87.8 Å². The molecule has 0 aliphatic heterocycles. The maximum atomic E-state index is 10.6. The first kappa shape index (κ1) is 11.5. The standard InChI is InChI=1S/C9H12O5Si/c1-15(2,13)14-6-3-4-7(9(11)12)8(10)5-6/h3-5,10,13H,1-2H3,(H,11,12). The summed E-state index contributed by atoms with van der Waals surface area (Å²) in [6.07, 6.45) is 0. The molecule has 0 bridgehead atoms. The number of carbonyl (C=O) groups is 1. The Balaban J connectivity index is 2.97. The third-order valence-electron chi connectivity index (χ3n) is 1.57. The number of aromatic carboxylic acids is 1. The van der Waals surface area contributed by atoms with Gasteiger partial charge in [-0.15, -0.1) is 0 Å². The van der Waals surface area contributed by atoms with Gasteiger partial charge in [-0.25, -0.2) is 4.79 Å². The molecular weight excluding hydrogens is 216 g/mol. The summed E-state index contributed by atoms with van der Waals surface area (Å²) in [5.41, 5.74) is -0.195. The fourth-order valence-electron chi connectivity index (χ4n) is 1.04. The van der Waals surface area contributed by atoms with E-state index in [0.29, 0.717) is 0 Å². The van der Waals surface area contributed by atoms with Crippen molar-refractivity contribution in [2.75, 3.05) is 0 Å². The largest absolute Gasteiger partial charge is 0.520 e. The molecule has 15 heavy (non-hydrogen) atoms.